The predicted molar refractivity (Wildman–Crippen MR) is 94.6 cm³/mol. The summed E-state index contributed by atoms with van der Waals surface area (Å²) in [7, 11) is -1.33. The van der Waals surface area contributed by atoms with Crippen molar-refractivity contribution < 1.29 is 14.6 Å². The summed E-state index contributed by atoms with van der Waals surface area (Å²) in [6, 6.07) is 0.903. The topological polar surface area (TPSA) is 46.5 Å². The molecule has 128 valence electrons. The van der Waals surface area contributed by atoms with Crippen molar-refractivity contribution in [3.8, 4) is 0 Å². The average molecular weight is 327 g/mol. The standard InChI is InChI=1S/C18H34O3Si/c1-5-21-18(20)17(14-22(2,3)4)12-11-16-9-6-8-15(16)10-7-13-19/h12,15-16,19H,5-11,13-14H2,1-4H3/b17-12+/t15-,16-/m0/s1. The fourth-order valence-electron chi connectivity index (χ4n) is 3.47. The van der Waals surface area contributed by atoms with E-state index in [0.717, 1.165) is 36.8 Å². The summed E-state index contributed by atoms with van der Waals surface area (Å²) in [5.41, 5.74) is 0.897. The van der Waals surface area contributed by atoms with Crippen molar-refractivity contribution in [3.05, 3.63) is 11.6 Å². The molecular weight excluding hydrogens is 292 g/mol. The highest BCUT2D eigenvalue weighted by molar-refractivity contribution is 6.77. The Hall–Kier alpha value is -0.613. The van der Waals surface area contributed by atoms with Crippen LogP contribution in [0.4, 0.5) is 0 Å². The molecule has 0 aromatic rings. The van der Waals surface area contributed by atoms with Gasteiger partial charge >= 0.3 is 5.97 Å². The molecular formula is C18H34O3Si. The van der Waals surface area contributed by atoms with Crippen LogP contribution >= 0.6 is 0 Å². The van der Waals surface area contributed by atoms with Crippen LogP contribution in [0.25, 0.3) is 0 Å². The fourth-order valence-corrected chi connectivity index (χ4v) is 4.91. The summed E-state index contributed by atoms with van der Waals surface area (Å²) in [5, 5.41) is 9.02. The zero-order chi connectivity index (χ0) is 16.6. The molecule has 0 unspecified atom stereocenters. The smallest absolute Gasteiger partial charge is 0.333 e. The molecule has 1 aliphatic rings. The second-order valence-electron chi connectivity index (χ2n) is 7.74. The monoisotopic (exact) mass is 326 g/mol. The van der Waals surface area contributed by atoms with E-state index in [4.69, 9.17) is 9.84 Å². The van der Waals surface area contributed by atoms with Gasteiger partial charge in [-0.25, -0.2) is 4.79 Å². The van der Waals surface area contributed by atoms with Crippen molar-refractivity contribution in [2.24, 2.45) is 11.8 Å². The Morgan fingerprint density at radius 3 is 2.55 bits per heavy atom. The number of ether oxygens (including phenoxy) is 1. The van der Waals surface area contributed by atoms with E-state index in [9.17, 15) is 4.79 Å². The highest BCUT2D eigenvalue weighted by Gasteiger charge is 2.27. The third-order valence-electron chi connectivity index (χ3n) is 4.47. The van der Waals surface area contributed by atoms with E-state index >= 15 is 0 Å². The lowest BCUT2D eigenvalue weighted by atomic mass is 9.88. The van der Waals surface area contributed by atoms with Crippen molar-refractivity contribution in [2.45, 2.75) is 71.1 Å². The van der Waals surface area contributed by atoms with E-state index in [1.807, 2.05) is 6.92 Å². The zero-order valence-corrected chi connectivity index (χ0v) is 15.9. The Kier molecular flexibility index (Phi) is 8.40. The average Bonchev–Trinajstić information content (AvgIpc) is 2.87. The highest BCUT2D eigenvalue weighted by atomic mass is 28.3. The van der Waals surface area contributed by atoms with Crippen LogP contribution in [0, 0.1) is 11.8 Å². The Balaban J connectivity index is 2.68. The van der Waals surface area contributed by atoms with Crippen LogP contribution in [0.5, 0.6) is 0 Å². The summed E-state index contributed by atoms with van der Waals surface area (Å²) >= 11 is 0. The number of rotatable bonds is 9. The maximum Gasteiger partial charge on any atom is 0.333 e. The van der Waals surface area contributed by atoms with Gasteiger partial charge in [-0.05, 0) is 50.5 Å². The molecule has 0 radical (unpaired) electrons. The maximum atomic E-state index is 12.2. The van der Waals surface area contributed by atoms with Crippen LogP contribution < -0.4 is 0 Å². The summed E-state index contributed by atoms with van der Waals surface area (Å²) < 4.78 is 5.24. The summed E-state index contributed by atoms with van der Waals surface area (Å²) in [5.74, 6) is 1.28. The van der Waals surface area contributed by atoms with Gasteiger partial charge in [-0.2, -0.15) is 0 Å². The molecule has 1 saturated carbocycles. The molecule has 1 aliphatic carbocycles. The number of carbonyl (C=O) groups excluding carboxylic acids is 1. The zero-order valence-electron chi connectivity index (χ0n) is 14.9. The van der Waals surface area contributed by atoms with Gasteiger partial charge in [0, 0.05) is 20.3 Å². The number of carbonyl (C=O) groups is 1. The third-order valence-corrected chi connectivity index (χ3v) is 5.92. The van der Waals surface area contributed by atoms with Gasteiger partial charge in [-0.1, -0.05) is 38.6 Å². The van der Waals surface area contributed by atoms with Gasteiger partial charge in [0.25, 0.3) is 0 Å². The third kappa shape index (κ3) is 7.10. The molecule has 1 N–H and O–H groups in total. The van der Waals surface area contributed by atoms with E-state index < -0.39 is 8.07 Å². The summed E-state index contributed by atoms with van der Waals surface area (Å²) in [6.45, 7) is 9.48. The molecule has 0 spiro atoms. The molecule has 1 rings (SSSR count). The first-order chi connectivity index (χ1) is 10.4. The molecule has 0 bridgehead atoms. The van der Waals surface area contributed by atoms with Crippen molar-refractivity contribution in [3.63, 3.8) is 0 Å². The molecule has 22 heavy (non-hydrogen) atoms. The molecule has 0 saturated heterocycles. The number of allylic oxidation sites excluding steroid dienone is 1. The van der Waals surface area contributed by atoms with Gasteiger partial charge in [-0.15, -0.1) is 0 Å². The lowest BCUT2D eigenvalue weighted by molar-refractivity contribution is -0.138. The lowest BCUT2D eigenvalue weighted by Crippen LogP contribution is -2.23. The summed E-state index contributed by atoms with van der Waals surface area (Å²) in [4.78, 5) is 12.2. The normalized spacial score (nSPS) is 22.9. The van der Waals surface area contributed by atoms with Gasteiger partial charge in [0.2, 0.25) is 0 Å². The van der Waals surface area contributed by atoms with Gasteiger partial charge in [0.15, 0.2) is 0 Å². The van der Waals surface area contributed by atoms with E-state index in [1.165, 1.54) is 19.3 Å². The molecule has 0 aromatic carbocycles. The Morgan fingerprint density at radius 1 is 1.27 bits per heavy atom. The predicted octanol–water partition coefficient (Wildman–Crippen LogP) is 4.39. The Morgan fingerprint density at radius 2 is 1.95 bits per heavy atom. The molecule has 0 aromatic heterocycles. The first-order valence-electron chi connectivity index (χ1n) is 8.84. The van der Waals surface area contributed by atoms with Crippen LogP contribution in [0.3, 0.4) is 0 Å². The van der Waals surface area contributed by atoms with Crippen molar-refractivity contribution >= 4 is 14.0 Å². The molecule has 0 heterocycles. The molecule has 1 fully saturated rings. The molecule has 4 heteroatoms. The Bertz CT molecular complexity index is 371. The summed E-state index contributed by atoms with van der Waals surface area (Å²) in [6.07, 6.45) is 9.02. The molecule has 0 amide bonds. The quantitative estimate of drug-likeness (QED) is 0.388. The van der Waals surface area contributed by atoms with Crippen LogP contribution in [-0.2, 0) is 9.53 Å². The van der Waals surface area contributed by atoms with Crippen LogP contribution in [0.2, 0.25) is 25.7 Å². The second kappa shape index (κ2) is 9.51. The SMILES string of the molecule is CCOC(=O)/C(=C/C[C@@H]1CCC[C@H]1CCCO)C[Si](C)(C)C. The number of esters is 1. The van der Waals surface area contributed by atoms with E-state index in [-0.39, 0.29) is 5.97 Å². The number of hydrogen-bond acceptors (Lipinski definition) is 3. The van der Waals surface area contributed by atoms with Crippen LogP contribution in [-0.4, -0.2) is 32.4 Å². The largest absolute Gasteiger partial charge is 0.463 e. The molecule has 2 atom stereocenters. The van der Waals surface area contributed by atoms with Crippen molar-refractivity contribution in [1.29, 1.82) is 0 Å². The van der Waals surface area contributed by atoms with Gasteiger partial charge in [0.05, 0.1) is 6.61 Å². The highest BCUT2D eigenvalue weighted by Crippen LogP contribution is 2.37. The number of aliphatic hydroxyl groups excluding tert-OH is 1. The van der Waals surface area contributed by atoms with Crippen LogP contribution in [0.1, 0.15) is 45.4 Å². The molecule has 0 aliphatic heterocycles. The van der Waals surface area contributed by atoms with E-state index in [1.54, 1.807) is 0 Å². The minimum atomic E-state index is -1.33. The van der Waals surface area contributed by atoms with E-state index in [2.05, 4.69) is 25.7 Å². The molecule has 3 nitrogen and oxygen atoms in total. The fraction of sp³-hybridized carbons (Fsp3) is 0.833. The number of aliphatic hydroxyl groups is 1. The van der Waals surface area contributed by atoms with Gasteiger partial charge in [-0.3, -0.25) is 0 Å². The van der Waals surface area contributed by atoms with E-state index in [0.29, 0.717) is 19.1 Å². The second-order valence-corrected chi connectivity index (χ2v) is 13.2. The number of hydrogen-bond donors (Lipinski definition) is 1. The minimum Gasteiger partial charge on any atom is -0.463 e. The Labute approximate surface area is 137 Å². The van der Waals surface area contributed by atoms with Crippen molar-refractivity contribution in [2.75, 3.05) is 13.2 Å². The van der Waals surface area contributed by atoms with Gasteiger partial charge in [0.1, 0.15) is 0 Å². The minimum absolute atomic E-state index is 0.116. The van der Waals surface area contributed by atoms with Gasteiger partial charge < -0.3 is 9.84 Å². The van der Waals surface area contributed by atoms with Crippen LogP contribution in [0.15, 0.2) is 11.6 Å². The maximum absolute atomic E-state index is 12.2. The first kappa shape index (κ1) is 19.4. The first-order valence-corrected chi connectivity index (χ1v) is 12.5. The van der Waals surface area contributed by atoms with Crippen molar-refractivity contribution in [1.82, 2.24) is 0 Å². The lowest BCUT2D eigenvalue weighted by Gasteiger charge is -2.20.